The lowest BCUT2D eigenvalue weighted by atomic mass is 10.1. The van der Waals surface area contributed by atoms with Gasteiger partial charge in [-0.2, -0.15) is 0 Å². The Kier molecular flexibility index (Phi) is 34.8. The summed E-state index contributed by atoms with van der Waals surface area (Å²) in [5.41, 5.74) is 0. The van der Waals surface area contributed by atoms with Crippen LogP contribution in [0.3, 0.4) is 0 Å². The van der Waals surface area contributed by atoms with Gasteiger partial charge in [0.05, 0.1) is 27.4 Å². The molecule has 0 aromatic heterocycles. The van der Waals surface area contributed by atoms with Crippen LogP contribution in [0.2, 0.25) is 0 Å². The number of aliphatic carboxylic acids is 2. The number of rotatable bonds is 29. The van der Waals surface area contributed by atoms with Crippen LogP contribution in [0.15, 0.2) is 0 Å². The van der Waals surface area contributed by atoms with Gasteiger partial charge in [-0.3, -0.25) is 28.8 Å². The van der Waals surface area contributed by atoms with Gasteiger partial charge in [-0.1, -0.05) is 106 Å². The summed E-state index contributed by atoms with van der Waals surface area (Å²) in [5, 5.41) is 18.4. The molecular weight excluding hydrogens is 1290 g/mol. The maximum atomic E-state index is 12.8. The second-order valence-electron chi connectivity index (χ2n) is 23.5. The Balaban J connectivity index is 0.000000289. The Morgan fingerprint density at radius 3 is 0.689 bits per heavy atom. The summed E-state index contributed by atoms with van der Waals surface area (Å²) < 4.78 is 19.8. The molecule has 6 aliphatic rings. The molecule has 2 N–H and O–H groups in total. The van der Waals surface area contributed by atoms with Crippen LogP contribution < -0.4 is 0 Å². The van der Waals surface area contributed by atoms with E-state index in [4.69, 9.17) is 18.9 Å². The van der Waals surface area contributed by atoms with Crippen LogP contribution in [-0.2, 0) is 76.5 Å². The lowest BCUT2D eigenvalue weighted by Crippen LogP contribution is -2.44. The molecule has 510 valence electrons. The monoisotopic (exact) mass is 1380 g/mol. The van der Waals surface area contributed by atoms with E-state index in [9.17, 15) is 67.7 Å². The van der Waals surface area contributed by atoms with E-state index >= 15 is 0 Å². The van der Waals surface area contributed by atoms with Gasteiger partial charge in [-0.25, -0.2) is 28.8 Å². The lowest BCUT2D eigenvalue weighted by molar-refractivity contribution is -0.154. The Morgan fingerprint density at radius 1 is 0.333 bits per heavy atom. The van der Waals surface area contributed by atoms with Crippen LogP contribution in [0.4, 0.5) is 0 Å². The number of hydrogen-bond donors (Lipinski definition) is 2. The van der Waals surface area contributed by atoms with E-state index in [2.05, 4.69) is 0 Å². The summed E-state index contributed by atoms with van der Waals surface area (Å²) in [6.45, 7) is 18.6. The topological polar surface area (TPSA) is 302 Å². The van der Waals surface area contributed by atoms with Gasteiger partial charge in [0.2, 0.25) is 35.4 Å². The highest BCUT2D eigenvalue weighted by Gasteiger charge is 2.42. The highest BCUT2D eigenvalue weighted by atomic mass is 33.1. The van der Waals surface area contributed by atoms with Crippen molar-refractivity contribution >= 4 is 136 Å². The summed E-state index contributed by atoms with van der Waals surface area (Å²) in [6.07, 6.45) is 8.28. The number of likely N-dealkylation sites (tertiary alicyclic amines) is 6. The first kappa shape index (κ1) is 78.2. The minimum Gasteiger partial charge on any atom is -0.480 e. The third kappa shape index (κ3) is 22.8. The lowest BCUT2D eigenvalue weighted by Gasteiger charge is -2.26. The standard InChI is InChI=1S/C22H36N2O6S2.C20H32N2O6S2.C18H28N2O6S2/c1-5-29-21(27)17-9-7-11-23(17)19(25)15(3)13-31-32-14-16(4)20(26)24-12-8-10-18(24)22(28)30-6-2;1-13(17(23)21-9-5-7-15(21)19(25)27-3)11-29-30-12-14(2)18(24)22-10-6-8-16(22)20(26)28-4;1-11(15(21)19-7-3-5-13(19)17(23)24)9-27-28-10-12(2)16(22)20-8-4-6-14(20)18(25)26/h15-18H,5-14H2,1-4H3;13-16H,5-12H2,1-4H3;11-14H,3-10H2,1-2H3,(H,23,24)(H,25,26)/t15-,16-,17+,18+;13-,14-,15+,16+;11-,12-,13+,14+/m111/s1. The maximum absolute atomic E-state index is 12.8. The molecule has 12 atom stereocenters. The molecule has 6 fully saturated rings. The summed E-state index contributed by atoms with van der Waals surface area (Å²) in [7, 11) is 11.9. The smallest absolute Gasteiger partial charge is 0.328 e. The summed E-state index contributed by atoms with van der Waals surface area (Å²) in [4.78, 5) is 156. The van der Waals surface area contributed by atoms with E-state index in [1.54, 1.807) is 90.5 Å². The van der Waals surface area contributed by atoms with Gasteiger partial charge >= 0.3 is 35.8 Å². The summed E-state index contributed by atoms with van der Waals surface area (Å²) >= 11 is 0. The van der Waals surface area contributed by atoms with Gasteiger partial charge in [0, 0.05) is 109 Å². The average molecular weight is 1380 g/mol. The highest BCUT2D eigenvalue weighted by Crippen LogP contribution is 2.34. The first-order valence-corrected chi connectivity index (χ1v) is 38.8. The molecule has 0 aromatic carbocycles. The van der Waals surface area contributed by atoms with Crippen molar-refractivity contribution in [2.45, 2.75) is 169 Å². The average Bonchev–Trinajstić information content (AvgIpc) is 3.51. The second kappa shape index (κ2) is 40.1. The molecule has 6 aliphatic heterocycles. The van der Waals surface area contributed by atoms with Gasteiger partial charge in [-0.05, 0) is 90.9 Å². The largest absolute Gasteiger partial charge is 0.480 e. The molecule has 6 amide bonds. The predicted octanol–water partition coefficient (Wildman–Crippen LogP) is 6.51. The quantitative estimate of drug-likeness (QED) is 0.0349. The third-order valence-electron chi connectivity index (χ3n) is 16.5. The SMILES string of the molecule is CCOC(=O)[C@@H]1CCCN1C(=O)[C@H](C)CSSC[C@@H](C)C(=O)N1CCC[C@H]1C(=O)OCC.COC(=O)[C@@H]1CCCN1C(=O)[C@H](C)CSSC[C@@H](C)C(=O)N1CCC[C@H]1C(=O)OC.C[C@H](CSSC[C@@H](C)C(=O)N1CCC[C@H]1C(=O)O)C(=O)N1CCC[C@H]1C(=O)O. The Morgan fingerprint density at radius 2 is 0.511 bits per heavy atom. The van der Waals surface area contributed by atoms with Crippen LogP contribution in [-0.4, -0.2) is 248 Å². The van der Waals surface area contributed by atoms with Crippen molar-refractivity contribution < 1.29 is 86.7 Å². The van der Waals surface area contributed by atoms with E-state index < -0.39 is 48.2 Å². The van der Waals surface area contributed by atoms with Gasteiger partial charge < -0.3 is 58.6 Å². The van der Waals surface area contributed by atoms with Gasteiger partial charge in [0.25, 0.3) is 0 Å². The van der Waals surface area contributed by atoms with Crippen molar-refractivity contribution in [3.8, 4) is 0 Å². The van der Waals surface area contributed by atoms with Crippen molar-refractivity contribution in [3.63, 3.8) is 0 Å². The van der Waals surface area contributed by atoms with Crippen LogP contribution in [0, 0.1) is 35.5 Å². The number of carboxylic acids is 2. The van der Waals surface area contributed by atoms with E-state index in [0.717, 1.165) is 25.7 Å². The summed E-state index contributed by atoms with van der Waals surface area (Å²) in [5.74, 6) is -1.60. The van der Waals surface area contributed by atoms with Crippen molar-refractivity contribution in [2.24, 2.45) is 35.5 Å². The molecule has 90 heavy (non-hydrogen) atoms. The third-order valence-corrected chi connectivity index (χ3v) is 24.8. The molecular formula is C60H96N6O18S6. The Labute approximate surface area is 554 Å². The van der Waals surface area contributed by atoms with Crippen LogP contribution in [0.1, 0.15) is 132 Å². The number of nitrogens with zero attached hydrogens (tertiary/aromatic N) is 6. The second-order valence-corrected chi connectivity index (χ2v) is 31.1. The Hall–Kier alpha value is -4.26. The number of carboxylic acid groups (broad SMARTS) is 2. The molecule has 0 unspecified atom stereocenters. The van der Waals surface area contributed by atoms with Crippen LogP contribution in [0.25, 0.3) is 0 Å². The minimum absolute atomic E-state index is 0.0212. The zero-order valence-electron chi connectivity index (χ0n) is 53.9. The van der Waals surface area contributed by atoms with E-state index in [1.807, 2.05) is 27.7 Å². The van der Waals surface area contributed by atoms with Crippen molar-refractivity contribution in [1.29, 1.82) is 0 Å². The molecule has 0 aromatic rings. The number of esters is 4. The van der Waals surface area contributed by atoms with E-state index in [1.165, 1.54) is 45.6 Å². The van der Waals surface area contributed by atoms with Crippen molar-refractivity contribution in [3.05, 3.63) is 0 Å². The molecule has 6 heterocycles. The zero-order valence-corrected chi connectivity index (χ0v) is 58.8. The van der Waals surface area contributed by atoms with Crippen LogP contribution in [0.5, 0.6) is 0 Å². The van der Waals surface area contributed by atoms with Gasteiger partial charge in [0.1, 0.15) is 36.3 Å². The molecule has 6 saturated heterocycles. The fraction of sp³-hybridized carbons (Fsp3) is 0.800. The molecule has 0 bridgehead atoms. The number of methoxy groups -OCH3 is 2. The van der Waals surface area contributed by atoms with Crippen molar-refractivity contribution in [1.82, 2.24) is 29.4 Å². The number of hydrogen-bond acceptors (Lipinski definition) is 22. The van der Waals surface area contributed by atoms with Crippen LogP contribution >= 0.6 is 64.8 Å². The molecule has 0 aliphatic carbocycles. The fourth-order valence-corrected chi connectivity index (χ4v) is 19.5. The number of amides is 6. The van der Waals surface area contributed by atoms with E-state index in [-0.39, 0.29) is 94.8 Å². The number of ether oxygens (including phenoxy) is 4. The number of carbonyl (C=O) groups is 12. The molecule has 0 radical (unpaired) electrons. The highest BCUT2D eigenvalue weighted by molar-refractivity contribution is 8.77. The zero-order chi connectivity index (χ0) is 66.8. The van der Waals surface area contributed by atoms with Crippen molar-refractivity contribution in [2.75, 3.05) is 101 Å². The fourth-order valence-electron chi connectivity index (χ4n) is 11.5. The van der Waals surface area contributed by atoms with E-state index in [0.29, 0.717) is 138 Å². The molecule has 0 saturated carbocycles. The summed E-state index contributed by atoms with van der Waals surface area (Å²) in [6, 6.07) is -3.30. The minimum atomic E-state index is -0.950. The first-order chi connectivity index (χ1) is 42.9. The Bertz CT molecular complexity index is 2290. The molecule has 30 heteroatoms. The molecule has 0 spiro atoms. The molecule has 24 nitrogen and oxygen atoms in total. The van der Waals surface area contributed by atoms with Gasteiger partial charge in [0.15, 0.2) is 0 Å². The first-order valence-electron chi connectivity index (χ1n) is 31.4. The maximum Gasteiger partial charge on any atom is 0.328 e. The number of carbonyl (C=O) groups excluding carboxylic acids is 10. The molecule has 6 rings (SSSR count). The normalized spacial score (nSPS) is 23.3. The predicted molar refractivity (Wildman–Crippen MR) is 351 cm³/mol. The van der Waals surface area contributed by atoms with Gasteiger partial charge in [-0.15, -0.1) is 0 Å².